The van der Waals surface area contributed by atoms with E-state index in [0.717, 1.165) is 36.1 Å². The molecule has 3 fully saturated rings. The molecule has 2 saturated heterocycles. The van der Waals surface area contributed by atoms with Crippen LogP contribution in [0.1, 0.15) is 48.7 Å². The summed E-state index contributed by atoms with van der Waals surface area (Å²) in [7, 11) is 0. The highest BCUT2D eigenvalue weighted by atomic mass is 32.1. The fraction of sp³-hybridized carbons (Fsp3) is 0.519. The minimum Gasteiger partial charge on any atom is -0.375 e. The van der Waals surface area contributed by atoms with Gasteiger partial charge in [-0.15, -0.1) is 17.9 Å². The zero-order valence-corrected chi connectivity index (χ0v) is 20.5. The Morgan fingerprint density at radius 1 is 1.26 bits per heavy atom. The summed E-state index contributed by atoms with van der Waals surface area (Å²) in [6.07, 6.45) is 10.9. The molecule has 180 valence electrons. The van der Waals surface area contributed by atoms with Gasteiger partial charge < -0.3 is 15.0 Å². The number of carbonyl (C=O) groups is 2. The Morgan fingerprint density at radius 3 is 2.82 bits per heavy atom. The first-order valence-electron chi connectivity index (χ1n) is 12.4. The Labute approximate surface area is 205 Å². The van der Waals surface area contributed by atoms with Crippen LogP contribution in [0, 0.1) is 17.8 Å². The maximum atomic E-state index is 14.0. The average molecular weight is 480 g/mol. The van der Waals surface area contributed by atoms with Crippen LogP contribution in [-0.4, -0.2) is 53.0 Å². The molecule has 3 aliphatic rings. The van der Waals surface area contributed by atoms with Gasteiger partial charge in [-0.1, -0.05) is 38.3 Å². The summed E-state index contributed by atoms with van der Waals surface area (Å²) >= 11 is 1.44. The van der Waals surface area contributed by atoms with Gasteiger partial charge in [0.15, 0.2) is 0 Å². The molecular weight excluding hydrogens is 446 g/mol. The quantitative estimate of drug-likeness (QED) is 0.618. The summed E-state index contributed by atoms with van der Waals surface area (Å²) in [6.45, 7) is 7.41. The van der Waals surface area contributed by atoms with Crippen molar-refractivity contribution < 1.29 is 14.3 Å². The van der Waals surface area contributed by atoms with Gasteiger partial charge in [-0.3, -0.25) is 14.6 Å². The highest BCUT2D eigenvalue weighted by Crippen LogP contribution is 2.39. The first kappa shape index (κ1) is 23.2. The van der Waals surface area contributed by atoms with Gasteiger partial charge >= 0.3 is 0 Å². The molecule has 2 aromatic heterocycles. The number of carbonyl (C=O) groups excluding carboxylic acids is 2. The van der Waals surface area contributed by atoms with Crippen LogP contribution in [0.25, 0.3) is 10.4 Å². The maximum Gasteiger partial charge on any atom is 0.262 e. The Morgan fingerprint density at radius 2 is 2.09 bits per heavy atom. The minimum atomic E-state index is -0.506. The molecule has 4 heterocycles. The topological polar surface area (TPSA) is 71.5 Å². The number of nitrogens with one attached hydrogen (secondary N) is 1. The first-order chi connectivity index (χ1) is 16.6. The molecule has 0 radical (unpaired) electrons. The van der Waals surface area contributed by atoms with Gasteiger partial charge in [-0.2, -0.15) is 0 Å². The molecule has 5 unspecified atom stereocenters. The molecule has 7 heteroatoms. The van der Waals surface area contributed by atoms with Gasteiger partial charge in [-0.05, 0) is 37.0 Å². The lowest BCUT2D eigenvalue weighted by molar-refractivity contribution is -0.136. The van der Waals surface area contributed by atoms with Crippen molar-refractivity contribution in [3.05, 3.63) is 54.2 Å². The summed E-state index contributed by atoms with van der Waals surface area (Å²) in [5.41, 5.74) is 0.986. The molecule has 5 rings (SSSR count). The third-order valence-corrected chi connectivity index (χ3v) is 8.83. The van der Waals surface area contributed by atoms with Gasteiger partial charge in [0.25, 0.3) is 5.91 Å². The van der Waals surface area contributed by atoms with Gasteiger partial charge in [0.05, 0.1) is 23.6 Å². The number of fused-ring (bicyclic) bond motifs is 1. The second-order valence-corrected chi connectivity index (χ2v) is 11.0. The fourth-order valence-electron chi connectivity index (χ4n) is 5.92. The van der Waals surface area contributed by atoms with E-state index in [2.05, 4.69) is 23.8 Å². The first-order valence-corrected chi connectivity index (χ1v) is 13.2. The number of hydrogen-bond donors (Lipinski definition) is 1. The lowest BCUT2D eigenvalue weighted by Gasteiger charge is -2.35. The number of likely N-dealkylation sites (tertiary alicyclic amines) is 1. The van der Waals surface area contributed by atoms with Crippen LogP contribution in [0.3, 0.4) is 0 Å². The molecule has 2 amide bonds. The number of nitrogens with zero attached hydrogens (tertiary/aromatic N) is 2. The SMILES string of the molecule is C=CC1COC2C(C)CN(C(=O)C(NC(=O)c3ccc(-c4cccnc4)s3)C3CCCCC3)C12. The van der Waals surface area contributed by atoms with Gasteiger partial charge in [-0.25, -0.2) is 0 Å². The highest BCUT2D eigenvalue weighted by molar-refractivity contribution is 7.17. The molecule has 2 aromatic rings. The smallest absolute Gasteiger partial charge is 0.262 e. The number of thiophene rings is 1. The molecule has 0 aromatic carbocycles. The molecule has 2 aliphatic heterocycles. The van der Waals surface area contributed by atoms with E-state index in [-0.39, 0.29) is 41.7 Å². The number of hydrogen-bond acceptors (Lipinski definition) is 5. The Kier molecular flexibility index (Phi) is 6.84. The predicted octanol–water partition coefficient (Wildman–Crippen LogP) is 4.54. The van der Waals surface area contributed by atoms with E-state index in [9.17, 15) is 9.59 Å². The van der Waals surface area contributed by atoms with Crippen LogP contribution in [0.5, 0.6) is 0 Å². The summed E-state index contributed by atoms with van der Waals surface area (Å²) in [5, 5.41) is 3.17. The number of rotatable bonds is 6. The normalized spacial score (nSPS) is 27.9. The second-order valence-electron chi connectivity index (χ2n) is 9.91. The van der Waals surface area contributed by atoms with E-state index in [4.69, 9.17) is 4.74 Å². The van der Waals surface area contributed by atoms with E-state index in [1.165, 1.54) is 17.8 Å². The van der Waals surface area contributed by atoms with Crippen LogP contribution < -0.4 is 5.32 Å². The summed E-state index contributed by atoms with van der Waals surface area (Å²) < 4.78 is 6.04. The Bertz CT molecular complexity index is 1030. The summed E-state index contributed by atoms with van der Waals surface area (Å²) in [5.74, 6) is 0.459. The van der Waals surface area contributed by atoms with Crippen LogP contribution in [0.4, 0.5) is 0 Å². The third kappa shape index (κ3) is 4.43. The van der Waals surface area contributed by atoms with Gasteiger partial charge in [0.1, 0.15) is 6.04 Å². The highest BCUT2D eigenvalue weighted by Gasteiger charge is 2.51. The number of ether oxygens (including phenoxy) is 1. The predicted molar refractivity (Wildman–Crippen MR) is 133 cm³/mol. The Balaban J connectivity index is 1.37. The van der Waals surface area contributed by atoms with Crippen LogP contribution in [0.15, 0.2) is 49.3 Å². The van der Waals surface area contributed by atoms with E-state index in [0.29, 0.717) is 18.0 Å². The molecular formula is C27H33N3O3S. The third-order valence-electron chi connectivity index (χ3n) is 7.70. The number of amides is 2. The van der Waals surface area contributed by atoms with Crippen LogP contribution in [0.2, 0.25) is 0 Å². The maximum absolute atomic E-state index is 14.0. The van der Waals surface area contributed by atoms with Crippen molar-refractivity contribution in [1.29, 1.82) is 0 Å². The lowest BCUT2D eigenvalue weighted by atomic mass is 9.83. The minimum absolute atomic E-state index is 0.0157. The van der Waals surface area contributed by atoms with Gasteiger partial charge in [0.2, 0.25) is 5.91 Å². The van der Waals surface area contributed by atoms with Crippen molar-refractivity contribution in [2.24, 2.45) is 17.8 Å². The molecule has 1 saturated carbocycles. The van der Waals surface area contributed by atoms with Crippen molar-refractivity contribution in [3.8, 4) is 10.4 Å². The summed E-state index contributed by atoms with van der Waals surface area (Å²) in [4.78, 5) is 35.1. The average Bonchev–Trinajstić information content (AvgIpc) is 3.60. The second kappa shape index (κ2) is 10.0. The number of pyridine rings is 1. The van der Waals surface area contributed by atoms with Crippen molar-refractivity contribution in [2.45, 2.75) is 57.2 Å². The van der Waals surface area contributed by atoms with E-state index < -0.39 is 6.04 Å². The van der Waals surface area contributed by atoms with Crippen LogP contribution in [-0.2, 0) is 9.53 Å². The largest absolute Gasteiger partial charge is 0.375 e. The van der Waals surface area contributed by atoms with Gasteiger partial charge in [0, 0.05) is 41.2 Å². The Hall–Kier alpha value is -2.51. The summed E-state index contributed by atoms with van der Waals surface area (Å²) in [6, 6.07) is 7.18. The fourth-order valence-corrected chi connectivity index (χ4v) is 6.82. The molecule has 1 N–H and O–H groups in total. The van der Waals surface area contributed by atoms with Crippen molar-refractivity contribution in [3.63, 3.8) is 0 Å². The molecule has 0 spiro atoms. The lowest BCUT2D eigenvalue weighted by Crippen LogP contribution is -2.55. The molecule has 0 bridgehead atoms. The standard InChI is InChI=1S/C27H33N3O3S/c1-3-18-16-33-25-17(2)15-30(24(18)25)27(32)23(19-8-5-4-6-9-19)29-26(31)22-12-11-21(34-22)20-10-7-13-28-14-20/h3,7,10-14,17-19,23-25H,1,4-6,8-9,15-16H2,2H3,(H,29,31). The molecule has 5 atom stereocenters. The van der Waals surface area contributed by atoms with E-state index in [1.54, 1.807) is 12.4 Å². The molecule has 34 heavy (non-hydrogen) atoms. The zero-order chi connectivity index (χ0) is 23.7. The monoisotopic (exact) mass is 479 g/mol. The van der Waals surface area contributed by atoms with Crippen molar-refractivity contribution in [1.82, 2.24) is 15.2 Å². The zero-order valence-electron chi connectivity index (χ0n) is 19.7. The number of aromatic nitrogens is 1. The van der Waals surface area contributed by atoms with E-state index >= 15 is 0 Å². The molecule has 1 aliphatic carbocycles. The molecule has 6 nitrogen and oxygen atoms in total. The van der Waals surface area contributed by atoms with Crippen molar-refractivity contribution in [2.75, 3.05) is 13.2 Å². The van der Waals surface area contributed by atoms with Crippen LogP contribution >= 0.6 is 11.3 Å². The van der Waals surface area contributed by atoms with E-state index in [1.807, 2.05) is 35.2 Å². The van der Waals surface area contributed by atoms with Crippen molar-refractivity contribution >= 4 is 23.2 Å².